The first-order valence-corrected chi connectivity index (χ1v) is 12.0. The summed E-state index contributed by atoms with van der Waals surface area (Å²) in [6.07, 6.45) is 0. The van der Waals surface area contributed by atoms with Crippen molar-refractivity contribution in [2.75, 3.05) is 40.6 Å². The van der Waals surface area contributed by atoms with Crippen LogP contribution in [-0.2, 0) is 18.1 Å². The van der Waals surface area contributed by atoms with E-state index in [-0.39, 0.29) is 5.41 Å². The number of aryl methyl sites for hydroxylation is 2. The Hall–Kier alpha value is -1.66. The standard InChI is InChI=1S/C21H26O8P2/c1-15-9-17(5-7-19(15)22-3)28-30-24-11-21(12-25-30)13-26-31(27-14-21)29-18-6-8-20(23-4)16(2)10-18/h5-10H,11-14H2,1-4H3. The summed E-state index contributed by atoms with van der Waals surface area (Å²) in [6.45, 7) is 5.64. The lowest BCUT2D eigenvalue weighted by Gasteiger charge is -2.41. The molecule has 2 aliphatic rings. The molecule has 0 radical (unpaired) electrons. The summed E-state index contributed by atoms with van der Waals surface area (Å²) in [7, 11) is 0.335. The molecule has 2 saturated heterocycles. The zero-order chi connectivity index (χ0) is 21.8. The molecule has 0 unspecified atom stereocenters. The molecule has 0 bridgehead atoms. The lowest BCUT2D eigenvalue weighted by atomic mass is 9.93. The van der Waals surface area contributed by atoms with Crippen molar-refractivity contribution in [2.24, 2.45) is 5.41 Å². The molecule has 0 atom stereocenters. The van der Waals surface area contributed by atoms with E-state index in [9.17, 15) is 0 Å². The molecule has 8 nitrogen and oxygen atoms in total. The van der Waals surface area contributed by atoms with E-state index < -0.39 is 17.2 Å². The molecule has 0 N–H and O–H groups in total. The highest BCUT2D eigenvalue weighted by molar-refractivity contribution is 7.42. The second kappa shape index (κ2) is 9.86. The highest BCUT2D eigenvalue weighted by atomic mass is 31.2. The van der Waals surface area contributed by atoms with Crippen molar-refractivity contribution in [3.05, 3.63) is 47.5 Å². The summed E-state index contributed by atoms with van der Waals surface area (Å²) in [4.78, 5) is 0. The van der Waals surface area contributed by atoms with Gasteiger partial charge in [0, 0.05) is 0 Å². The smallest absolute Gasteiger partial charge is 0.397 e. The van der Waals surface area contributed by atoms with Crippen molar-refractivity contribution in [1.82, 2.24) is 0 Å². The van der Waals surface area contributed by atoms with Crippen LogP contribution in [0.3, 0.4) is 0 Å². The van der Waals surface area contributed by atoms with Gasteiger partial charge < -0.3 is 36.6 Å². The first-order chi connectivity index (χ1) is 15.0. The maximum Gasteiger partial charge on any atom is 0.397 e. The molecule has 2 aliphatic heterocycles. The monoisotopic (exact) mass is 468 g/mol. The molecule has 31 heavy (non-hydrogen) atoms. The van der Waals surface area contributed by atoms with Gasteiger partial charge in [0.1, 0.15) is 23.0 Å². The quantitative estimate of drug-likeness (QED) is 0.528. The molecule has 168 valence electrons. The van der Waals surface area contributed by atoms with Gasteiger partial charge in [-0.25, -0.2) is 0 Å². The Morgan fingerprint density at radius 3 is 1.39 bits per heavy atom. The number of rotatable bonds is 6. The van der Waals surface area contributed by atoms with Crippen LogP contribution in [-0.4, -0.2) is 40.6 Å². The topological polar surface area (TPSA) is 73.8 Å². The summed E-state index contributed by atoms with van der Waals surface area (Å²) in [5, 5.41) is 0. The van der Waals surface area contributed by atoms with Crippen LogP contribution in [0.2, 0.25) is 0 Å². The van der Waals surface area contributed by atoms with E-state index in [2.05, 4.69) is 0 Å². The number of benzene rings is 2. The third-order valence-corrected chi connectivity index (χ3v) is 7.08. The molecule has 2 aromatic rings. The third-order valence-electron chi connectivity index (χ3n) is 5.00. The van der Waals surface area contributed by atoms with Crippen LogP contribution in [0.4, 0.5) is 0 Å². The summed E-state index contributed by atoms with van der Waals surface area (Å²) >= 11 is 0. The SMILES string of the molecule is COc1ccc(OP2OCC3(CO2)COP(Oc2ccc(OC)c(C)c2)OC3)cc1C. The summed E-state index contributed by atoms with van der Waals surface area (Å²) in [5.74, 6) is 2.99. The first kappa shape index (κ1) is 22.5. The summed E-state index contributed by atoms with van der Waals surface area (Å²) < 4.78 is 45.6. The van der Waals surface area contributed by atoms with E-state index in [0.717, 1.165) is 22.6 Å². The van der Waals surface area contributed by atoms with Crippen molar-refractivity contribution in [3.8, 4) is 23.0 Å². The van der Waals surface area contributed by atoms with Gasteiger partial charge in [-0.05, 0) is 61.4 Å². The predicted octanol–water partition coefficient (Wildman–Crippen LogP) is 5.31. The van der Waals surface area contributed by atoms with Crippen LogP contribution < -0.4 is 18.5 Å². The van der Waals surface area contributed by atoms with Crippen LogP contribution in [0, 0.1) is 19.3 Å². The van der Waals surface area contributed by atoms with Gasteiger partial charge in [-0.1, -0.05) is 0 Å². The number of hydrogen-bond acceptors (Lipinski definition) is 8. The average molecular weight is 468 g/mol. The minimum Gasteiger partial charge on any atom is -0.496 e. The maximum absolute atomic E-state index is 5.85. The van der Waals surface area contributed by atoms with Crippen molar-refractivity contribution in [1.29, 1.82) is 0 Å². The van der Waals surface area contributed by atoms with Gasteiger partial charge in [-0.3, -0.25) is 0 Å². The minimum absolute atomic E-state index is 0.365. The second-order valence-electron chi connectivity index (χ2n) is 7.49. The van der Waals surface area contributed by atoms with Gasteiger partial charge in [-0.2, -0.15) is 0 Å². The number of ether oxygens (including phenoxy) is 2. The lowest BCUT2D eigenvalue weighted by Crippen LogP contribution is -2.45. The molecule has 0 saturated carbocycles. The zero-order valence-electron chi connectivity index (χ0n) is 18.0. The van der Waals surface area contributed by atoms with Gasteiger partial charge >= 0.3 is 17.2 Å². The van der Waals surface area contributed by atoms with Crippen molar-refractivity contribution >= 4 is 17.2 Å². The minimum atomic E-state index is -1.47. The molecule has 0 aliphatic carbocycles. The Morgan fingerprint density at radius 2 is 1.06 bits per heavy atom. The molecule has 2 fully saturated rings. The highest BCUT2D eigenvalue weighted by Crippen LogP contribution is 2.53. The van der Waals surface area contributed by atoms with Crippen LogP contribution >= 0.6 is 17.2 Å². The van der Waals surface area contributed by atoms with Crippen LogP contribution in [0.1, 0.15) is 11.1 Å². The maximum atomic E-state index is 5.85. The van der Waals surface area contributed by atoms with E-state index in [0.29, 0.717) is 37.9 Å². The van der Waals surface area contributed by atoms with Crippen molar-refractivity contribution < 1.29 is 36.6 Å². The largest absolute Gasteiger partial charge is 0.496 e. The first-order valence-electron chi connectivity index (χ1n) is 9.77. The molecule has 2 heterocycles. The Morgan fingerprint density at radius 1 is 0.677 bits per heavy atom. The average Bonchev–Trinajstić information content (AvgIpc) is 2.78. The Bertz CT molecular complexity index is 816. The van der Waals surface area contributed by atoms with Gasteiger partial charge in [0.05, 0.1) is 46.1 Å². The van der Waals surface area contributed by atoms with Crippen LogP contribution in [0.25, 0.3) is 0 Å². The summed E-state index contributed by atoms with van der Waals surface area (Å²) in [6, 6.07) is 11.2. The predicted molar refractivity (Wildman–Crippen MR) is 117 cm³/mol. The van der Waals surface area contributed by atoms with E-state index >= 15 is 0 Å². The fourth-order valence-electron chi connectivity index (χ4n) is 3.18. The molecular weight excluding hydrogens is 442 g/mol. The number of methoxy groups -OCH3 is 2. The van der Waals surface area contributed by atoms with Gasteiger partial charge in [0.15, 0.2) is 0 Å². The van der Waals surface area contributed by atoms with Gasteiger partial charge in [-0.15, -0.1) is 0 Å². The van der Waals surface area contributed by atoms with E-state index in [1.807, 2.05) is 50.2 Å². The summed E-state index contributed by atoms with van der Waals surface area (Å²) in [5.41, 5.74) is 1.60. The van der Waals surface area contributed by atoms with E-state index in [1.54, 1.807) is 14.2 Å². The third kappa shape index (κ3) is 5.40. The lowest BCUT2D eigenvalue weighted by molar-refractivity contribution is -0.0672. The molecular formula is C21H26O8P2. The fraction of sp³-hybridized carbons (Fsp3) is 0.429. The molecule has 2 aromatic carbocycles. The molecule has 1 spiro atoms. The Kier molecular flexibility index (Phi) is 7.17. The van der Waals surface area contributed by atoms with E-state index in [4.69, 9.17) is 36.6 Å². The molecule has 0 amide bonds. The fourth-order valence-corrected chi connectivity index (χ4v) is 5.62. The highest BCUT2D eigenvalue weighted by Gasteiger charge is 2.44. The van der Waals surface area contributed by atoms with E-state index in [1.165, 1.54) is 0 Å². The second-order valence-corrected chi connectivity index (χ2v) is 9.78. The molecule has 0 aromatic heterocycles. The Balaban J connectivity index is 1.25. The van der Waals surface area contributed by atoms with Crippen LogP contribution in [0.15, 0.2) is 36.4 Å². The normalized spacial score (nSPS) is 25.8. The van der Waals surface area contributed by atoms with Crippen molar-refractivity contribution in [2.45, 2.75) is 13.8 Å². The molecule has 4 rings (SSSR count). The molecule has 10 heteroatoms. The Labute approximate surface area is 184 Å². The van der Waals surface area contributed by atoms with Crippen LogP contribution in [0.5, 0.6) is 23.0 Å². The van der Waals surface area contributed by atoms with Crippen molar-refractivity contribution in [3.63, 3.8) is 0 Å². The number of hydrogen-bond donors (Lipinski definition) is 0. The van der Waals surface area contributed by atoms with Gasteiger partial charge in [0.25, 0.3) is 0 Å². The zero-order valence-corrected chi connectivity index (χ0v) is 19.7. The van der Waals surface area contributed by atoms with Gasteiger partial charge in [0.2, 0.25) is 0 Å².